The maximum Gasteiger partial charge on any atom is 0.150 e. The average molecular weight is 288 g/mol. The predicted octanol–water partition coefficient (Wildman–Crippen LogP) is 3.27. The van der Waals surface area contributed by atoms with Gasteiger partial charge in [0.1, 0.15) is 11.6 Å². The number of nitrogens with zero attached hydrogens (tertiary/aromatic N) is 3. The molecule has 6 heteroatoms. The smallest absolute Gasteiger partial charge is 0.150 e. The van der Waals surface area contributed by atoms with Gasteiger partial charge in [0.2, 0.25) is 0 Å². The molecule has 0 atom stereocenters. The summed E-state index contributed by atoms with van der Waals surface area (Å²) in [6.45, 7) is 1.99. The van der Waals surface area contributed by atoms with Gasteiger partial charge in [-0.15, -0.1) is 11.3 Å². The van der Waals surface area contributed by atoms with Gasteiger partial charge in [0.05, 0.1) is 11.3 Å². The number of nitrogen functional groups attached to an aromatic ring is 1. The topological polar surface area (TPSA) is 64.7 Å². The molecule has 0 amide bonds. The van der Waals surface area contributed by atoms with E-state index in [1.54, 1.807) is 23.1 Å². The molecule has 0 fully saturated rings. The molecule has 1 aromatic carbocycles. The molecule has 0 aliphatic carbocycles. The molecule has 2 aromatic heterocycles. The lowest BCUT2D eigenvalue weighted by Crippen LogP contribution is -1.99. The summed E-state index contributed by atoms with van der Waals surface area (Å²) in [4.78, 5) is 13.3. The lowest BCUT2D eigenvalue weighted by Gasteiger charge is -2.04. The number of aryl methyl sites for hydroxylation is 1. The lowest BCUT2D eigenvalue weighted by atomic mass is 10.2. The van der Waals surface area contributed by atoms with Crippen molar-refractivity contribution in [2.75, 3.05) is 5.73 Å². The van der Waals surface area contributed by atoms with Crippen molar-refractivity contribution in [1.29, 1.82) is 0 Å². The van der Waals surface area contributed by atoms with Crippen molar-refractivity contribution in [2.45, 2.75) is 17.0 Å². The Balaban J connectivity index is 1.85. The second-order valence-corrected chi connectivity index (χ2v) is 6.17. The van der Waals surface area contributed by atoms with E-state index in [2.05, 4.69) is 15.0 Å². The number of anilines is 1. The number of fused-ring (bicyclic) bond motifs is 1. The summed E-state index contributed by atoms with van der Waals surface area (Å²) in [5, 5.41) is 2.94. The van der Waals surface area contributed by atoms with Crippen LogP contribution in [-0.4, -0.2) is 15.0 Å². The number of nitrogens with two attached hydrogens (primary N) is 1. The third kappa shape index (κ3) is 2.69. The molecule has 0 aliphatic rings. The van der Waals surface area contributed by atoms with E-state index in [0.717, 1.165) is 26.8 Å². The third-order valence-corrected chi connectivity index (χ3v) is 4.74. The Morgan fingerprint density at radius 3 is 2.84 bits per heavy atom. The molecule has 0 spiro atoms. The predicted molar refractivity (Wildman–Crippen MR) is 80.4 cm³/mol. The summed E-state index contributed by atoms with van der Waals surface area (Å²) in [7, 11) is 0. The molecule has 3 aromatic rings. The molecule has 0 radical (unpaired) electrons. The second-order valence-electron chi connectivity index (χ2n) is 4.09. The van der Waals surface area contributed by atoms with Gasteiger partial charge in [-0.1, -0.05) is 23.9 Å². The highest BCUT2D eigenvalue weighted by atomic mass is 32.2. The van der Waals surface area contributed by atoms with E-state index in [0.29, 0.717) is 11.6 Å². The minimum Gasteiger partial charge on any atom is -0.383 e. The number of para-hydroxylation sites is 1. The summed E-state index contributed by atoms with van der Waals surface area (Å²) in [5.74, 6) is 1.97. The summed E-state index contributed by atoms with van der Waals surface area (Å²) >= 11 is 3.28. The van der Waals surface area contributed by atoms with Gasteiger partial charge in [-0.2, -0.15) is 0 Å². The van der Waals surface area contributed by atoms with Crippen LogP contribution in [0.5, 0.6) is 0 Å². The summed E-state index contributed by atoms with van der Waals surface area (Å²) in [6.07, 6.45) is 0. The van der Waals surface area contributed by atoms with Crippen LogP contribution in [0.25, 0.3) is 10.9 Å². The molecule has 4 nitrogen and oxygen atoms in total. The Morgan fingerprint density at radius 1 is 1.21 bits per heavy atom. The van der Waals surface area contributed by atoms with Crippen LogP contribution in [0.4, 0.5) is 5.82 Å². The molecule has 96 valence electrons. The van der Waals surface area contributed by atoms with E-state index in [-0.39, 0.29) is 0 Å². The number of thioether (sulfide) groups is 1. The first-order chi connectivity index (χ1) is 9.22. The fraction of sp³-hybridized carbons (Fsp3) is 0.154. The zero-order valence-electron chi connectivity index (χ0n) is 10.3. The Morgan fingerprint density at radius 2 is 2.05 bits per heavy atom. The molecular weight excluding hydrogens is 276 g/mol. The van der Waals surface area contributed by atoms with Crippen LogP contribution < -0.4 is 5.73 Å². The number of benzene rings is 1. The van der Waals surface area contributed by atoms with Gasteiger partial charge in [0.15, 0.2) is 4.34 Å². The van der Waals surface area contributed by atoms with Gasteiger partial charge in [-0.25, -0.2) is 15.0 Å². The molecule has 0 aliphatic heterocycles. The van der Waals surface area contributed by atoms with Gasteiger partial charge >= 0.3 is 0 Å². The highest BCUT2D eigenvalue weighted by molar-refractivity contribution is 8.00. The van der Waals surface area contributed by atoms with Crippen LogP contribution in [0, 0.1) is 6.92 Å². The van der Waals surface area contributed by atoms with E-state index in [1.807, 2.05) is 36.6 Å². The minimum absolute atomic E-state index is 0.538. The lowest BCUT2D eigenvalue weighted by molar-refractivity contribution is 1.07. The zero-order valence-corrected chi connectivity index (χ0v) is 12.0. The minimum atomic E-state index is 0.538. The van der Waals surface area contributed by atoms with E-state index in [1.165, 1.54) is 0 Å². The number of thiazole rings is 1. The van der Waals surface area contributed by atoms with Gasteiger partial charge < -0.3 is 5.73 Å². The van der Waals surface area contributed by atoms with E-state index < -0.39 is 0 Å². The van der Waals surface area contributed by atoms with E-state index >= 15 is 0 Å². The Hall–Kier alpha value is -1.66. The normalized spacial score (nSPS) is 11.0. The maximum atomic E-state index is 5.96. The quantitative estimate of drug-likeness (QED) is 0.749. The van der Waals surface area contributed by atoms with Crippen molar-refractivity contribution in [1.82, 2.24) is 15.0 Å². The van der Waals surface area contributed by atoms with Gasteiger partial charge in [0, 0.05) is 16.5 Å². The Bertz CT molecular complexity index is 723. The summed E-state index contributed by atoms with van der Waals surface area (Å²) in [6, 6.07) is 7.78. The molecule has 0 unspecified atom stereocenters. The first-order valence-corrected chi connectivity index (χ1v) is 7.65. The maximum absolute atomic E-state index is 5.96. The summed E-state index contributed by atoms with van der Waals surface area (Å²) in [5.41, 5.74) is 7.89. The molecule has 0 bridgehead atoms. The monoisotopic (exact) mass is 288 g/mol. The Labute approximate surface area is 119 Å². The van der Waals surface area contributed by atoms with Crippen molar-refractivity contribution in [2.24, 2.45) is 0 Å². The van der Waals surface area contributed by atoms with Gasteiger partial charge in [-0.05, 0) is 19.1 Å². The number of hydrogen-bond donors (Lipinski definition) is 1. The van der Waals surface area contributed by atoms with Crippen molar-refractivity contribution >= 4 is 39.8 Å². The van der Waals surface area contributed by atoms with Crippen LogP contribution >= 0.6 is 23.1 Å². The highest BCUT2D eigenvalue weighted by Gasteiger charge is 2.06. The van der Waals surface area contributed by atoms with Crippen molar-refractivity contribution in [3.63, 3.8) is 0 Å². The van der Waals surface area contributed by atoms with Gasteiger partial charge in [0.25, 0.3) is 0 Å². The fourth-order valence-electron chi connectivity index (χ4n) is 1.74. The largest absolute Gasteiger partial charge is 0.383 e. The molecule has 0 saturated heterocycles. The third-order valence-electron chi connectivity index (χ3n) is 2.60. The molecular formula is C13H12N4S2. The van der Waals surface area contributed by atoms with Crippen LogP contribution in [0.1, 0.15) is 11.5 Å². The molecule has 2 heterocycles. The zero-order chi connectivity index (χ0) is 13.2. The molecule has 3 rings (SSSR count). The molecule has 2 N–H and O–H groups in total. The fourth-order valence-corrected chi connectivity index (χ4v) is 3.44. The van der Waals surface area contributed by atoms with Crippen molar-refractivity contribution < 1.29 is 0 Å². The highest BCUT2D eigenvalue weighted by Crippen LogP contribution is 2.26. The molecule has 0 saturated carbocycles. The Kier molecular flexibility index (Phi) is 3.35. The van der Waals surface area contributed by atoms with Crippen molar-refractivity contribution in [3.05, 3.63) is 41.2 Å². The second kappa shape index (κ2) is 5.14. The van der Waals surface area contributed by atoms with Gasteiger partial charge in [-0.3, -0.25) is 0 Å². The summed E-state index contributed by atoms with van der Waals surface area (Å²) < 4.78 is 1.04. The van der Waals surface area contributed by atoms with E-state index in [4.69, 9.17) is 5.73 Å². The van der Waals surface area contributed by atoms with Crippen LogP contribution in [0.2, 0.25) is 0 Å². The number of aromatic nitrogens is 3. The average Bonchev–Trinajstić information content (AvgIpc) is 2.82. The molecule has 19 heavy (non-hydrogen) atoms. The number of hydrogen-bond acceptors (Lipinski definition) is 6. The van der Waals surface area contributed by atoms with E-state index in [9.17, 15) is 0 Å². The van der Waals surface area contributed by atoms with Crippen molar-refractivity contribution in [3.8, 4) is 0 Å². The first-order valence-electron chi connectivity index (χ1n) is 5.78. The van der Waals surface area contributed by atoms with Crippen LogP contribution in [0.15, 0.2) is 34.0 Å². The number of rotatable bonds is 3. The standard InChI is InChI=1S/C13H12N4S2/c1-8-6-18-13(15-8)19-7-11-16-10-5-3-2-4-9(10)12(14)17-11/h2-6H,7H2,1H3,(H2,14,16,17). The van der Waals surface area contributed by atoms with Crippen LogP contribution in [-0.2, 0) is 5.75 Å². The van der Waals surface area contributed by atoms with Crippen LogP contribution in [0.3, 0.4) is 0 Å². The first kappa shape index (κ1) is 12.4. The SMILES string of the molecule is Cc1csc(SCc2nc(N)c3ccccc3n2)n1.